The highest BCUT2D eigenvalue weighted by molar-refractivity contribution is 7.22. The molecule has 0 aliphatic carbocycles. The molecule has 42 heavy (non-hydrogen) atoms. The Balaban J connectivity index is 1.31. The topological polar surface area (TPSA) is 99.3 Å². The van der Waals surface area contributed by atoms with Crippen LogP contribution >= 0.6 is 11.3 Å². The number of piperazine rings is 1. The Morgan fingerprint density at radius 1 is 1.07 bits per heavy atom. The predicted molar refractivity (Wildman–Crippen MR) is 155 cm³/mol. The second kappa shape index (κ2) is 12.8. The minimum atomic E-state index is -4.85. The van der Waals surface area contributed by atoms with Crippen LogP contribution in [-0.2, 0) is 17.5 Å². The van der Waals surface area contributed by atoms with E-state index in [2.05, 4.69) is 27.1 Å². The average molecular weight is 607 g/mol. The van der Waals surface area contributed by atoms with E-state index in [1.165, 1.54) is 11.3 Å². The van der Waals surface area contributed by atoms with Crippen LogP contribution in [0.5, 0.6) is 5.75 Å². The van der Waals surface area contributed by atoms with Crippen LogP contribution in [0, 0.1) is 0 Å². The molecule has 3 amide bonds. The first-order valence-corrected chi connectivity index (χ1v) is 14.6. The predicted octanol–water partition coefficient (Wildman–Crippen LogP) is 4.26. The van der Waals surface area contributed by atoms with Gasteiger partial charge >= 0.3 is 12.2 Å². The van der Waals surface area contributed by atoms with E-state index in [-0.39, 0.29) is 17.5 Å². The highest BCUT2D eigenvalue weighted by Crippen LogP contribution is 2.40. The summed E-state index contributed by atoms with van der Waals surface area (Å²) in [5, 5.41) is 4.75. The Bertz CT molecular complexity index is 1440. The van der Waals surface area contributed by atoms with E-state index in [1.807, 2.05) is 23.5 Å². The number of halogens is 3. The summed E-state index contributed by atoms with van der Waals surface area (Å²) in [6.45, 7) is 8.21. The summed E-state index contributed by atoms with van der Waals surface area (Å²) in [5.41, 5.74) is 0.247. The molecule has 2 aliphatic rings. The first-order chi connectivity index (χ1) is 20.1. The van der Waals surface area contributed by atoms with Gasteiger partial charge in [-0.1, -0.05) is 17.4 Å². The van der Waals surface area contributed by atoms with Crippen molar-refractivity contribution in [1.82, 2.24) is 20.1 Å². The highest BCUT2D eigenvalue weighted by Gasteiger charge is 2.37. The third-order valence-corrected chi connectivity index (χ3v) is 8.14. The van der Waals surface area contributed by atoms with Crippen LogP contribution < -0.4 is 20.3 Å². The normalized spacial score (nSPS) is 16.9. The van der Waals surface area contributed by atoms with E-state index in [1.54, 1.807) is 11.8 Å². The number of amides is 3. The molecule has 5 rings (SSSR count). The molecule has 3 heterocycles. The van der Waals surface area contributed by atoms with Gasteiger partial charge in [-0.05, 0) is 43.8 Å². The number of hydrogen-bond donors (Lipinski definition) is 2. The van der Waals surface area contributed by atoms with Gasteiger partial charge in [0, 0.05) is 45.8 Å². The molecule has 0 unspecified atom stereocenters. The molecular weight excluding hydrogens is 573 g/mol. The van der Waals surface area contributed by atoms with Crippen molar-refractivity contribution < 1.29 is 32.2 Å². The maximum absolute atomic E-state index is 14.0. The second-order valence-corrected chi connectivity index (χ2v) is 11.2. The first kappa shape index (κ1) is 30.0. The molecule has 0 bridgehead atoms. The van der Waals surface area contributed by atoms with E-state index >= 15 is 0 Å². The Labute approximate surface area is 245 Å². The molecule has 0 saturated carbocycles. The summed E-state index contributed by atoms with van der Waals surface area (Å²) >= 11 is 1.23. The summed E-state index contributed by atoms with van der Waals surface area (Å²) in [6.07, 6.45) is -4.85. The number of carbonyl (C=O) groups is 2. The van der Waals surface area contributed by atoms with Gasteiger partial charge in [0.15, 0.2) is 5.13 Å². The summed E-state index contributed by atoms with van der Waals surface area (Å²) in [7, 11) is 2.11. The maximum atomic E-state index is 14.0. The molecule has 0 spiro atoms. The number of fused-ring (bicyclic) bond motifs is 1. The number of likely N-dealkylation sites (N-methyl/N-ethyl adjacent to an activating group) is 1. The van der Waals surface area contributed by atoms with Crippen molar-refractivity contribution in [3.05, 3.63) is 47.0 Å². The fourth-order valence-electron chi connectivity index (χ4n) is 5.00. The van der Waals surface area contributed by atoms with Crippen LogP contribution in [0.25, 0.3) is 10.2 Å². The number of nitrogens with one attached hydrogen (secondary N) is 2. The SMILES string of the molecule is CCOc1cc(C(F)(F)F)c(C(=O)NC(=O)Nc2nc3ccc(CN4CCN(C)CC4)cc3s2)cc1N1CCOCC1. The highest BCUT2D eigenvalue weighted by atomic mass is 32.1. The minimum absolute atomic E-state index is 0.00851. The number of alkyl halides is 3. The van der Waals surface area contributed by atoms with E-state index in [0.29, 0.717) is 37.5 Å². The lowest BCUT2D eigenvalue weighted by Crippen LogP contribution is -2.43. The molecule has 0 atom stereocenters. The average Bonchev–Trinajstić information content (AvgIpc) is 3.35. The molecule has 2 fully saturated rings. The summed E-state index contributed by atoms with van der Waals surface area (Å²) in [6, 6.07) is 6.84. The summed E-state index contributed by atoms with van der Waals surface area (Å²) in [4.78, 5) is 36.6. The zero-order valence-corrected chi connectivity index (χ0v) is 24.2. The quantitative estimate of drug-likeness (QED) is 0.412. The molecule has 2 N–H and O–H groups in total. The maximum Gasteiger partial charge on any atom is 0.417 e. The smallest absolute Gasteiger partial charge is 0.417 e. The lowest BCUT2D eigenvalue weighted by Gasteiger charge is -2.32. The van der Waals surface area contributed by atoms with Gasteiger partial charge in [-0.15, -0.1) is 0 Å². The van der Waals surface area contributed by atoms with Gasteiger partial charge < -0.3 is 19.3 Å². The third kappa shape index (κ3) is 7.12. The molecule has 2 aromatic carbocycles. The molecule has 14 heteroatoms. The standard InChI is InChI=1S/C28H33F3N6O4S/c1-3-41-23-16-20(28(29,30)31)19(15-22(23)37-10-12-40-13-11-37)25(38)33-26(39)34-27-32-21-5-4-18(14-24(21)42-27)17-36-8-6-35(2)7-9-36/h4-5,14-16H,3,6-13,17H2,1-2H3,(H2,32,33,34,38,39). The first-order valence-electron chi connectivity index (χ1n) is 13.7. The number of benzene rings is 2. The number of carbonyl (C=O) groups excluding carboxylic acids is 2. The van der Waals surface area contributed by atoms with Gasteiger partial charge in [0.05, 0.1) is 46.9 Å². The number of thiazole rings is 1. The van der Waals surface area contributed by atoms with Crippen LogP contribution in [0.1, 0.15) is 28.4 Å². The van der Waals surface area contributed by atoms with Crippen LogP contribution in [0.3, 0.4) is 0 Å². The molecular formula is C28H33F3N6O4S. The number of ether oxygens (including phenoxy) is 2. The number of anilines is 2. The van der Waals surface area contributed by atoms with Crippen LogP contribution in [-0.4, -0.2) is 92.9 Å². The van der Waals surface area contributed by atoms with Crippen molar-refractivity contribution in [1.29, 1.82) is 0 Å². The lowest BCUT2D eigenvalue weighted by molar-refractivity contribution is -0.138. The van der Waals surface area contributed by atoms with E-state index in [4.69, 9.17) is 9.47 Å². The Morgan fingerprint density at radius 2 is 1.81 bits per heavy atom. The largest absolute Gasteiger partial charge is 0.492 e. The third-order valence-electron chi connectivity index (χ3n) is 7.20. The molecule has 2 aliphatic heterocycles. The monoisotopic (exact) mass is 606 g/mol. The van der Waals surface area contributed by atoms with Gasteiger partial charge in [-0.2, -0.15) is 13.2 Å². The van der Waals surface area contributed by atoms with Crippen LogP contribution in [0.15, 0.2) is 30.3 Å². The molecule has 0 radical (unpaired) electrons. The van der Waals surface area contributed by atoms with Crippen molar-refractivity contribution in [2.45, 2.75) is 19.6 Å². The van der Waals surface area contributed by atoms with Crippen molar-refractivity contribution >= 4 is 44.3 Å². The van der Waals surface area contributed by atoms with Crippen molar-refractivity contribution in [3.8, 4) is 5.75 Å². The molecule has 226 valence electrons. The van der Waals surface area contributed by atoms with Crippen LogP contribution in [0.4, 0.5) is 28.8 Å². The lowest BCUT2D eigenvalue weighted by atomic mass is 10.0. The van der Waals surface area contributed by atoms with Crippen LogP contribution in [0.2, 0.25) is 0 Å². The Kier molecular flexibility index (Phi) is 9.16. The second-order valence-electron chi connectivity index (χ2n) is 10.2. The van der Waals surface area contributed by atoms with Gasteiger partial charge in [-0.3, -0.25) is 20.3 Å². The van der Waals surface area contributed by atoms with Gasteiger partial charge in [0.25, 0.3) is 5.91 Å². The number of aromatic nitrogens is 1. The minimum Gasteiger partial charge on any atom is -0.492 e. The van der Waals surface area contributed by atoms with E-state index < -0.39 is 29.2 Å². The van der Waals surface area contributed by atoms with Crippen molar-refractivity contribution in [2.24, 2.45) is 0 Å². The number of urea groups is 1. The summed E-state index contributed by atoms with van der Waals surface area (Å²) < 4.78 is 53.8. The Morgan fingerprint density at radius 3 is 2.50 bits per heavy atom. The number of rotatable bonds is 7. The number of morpholine rings is 1. The van der Waals surface area contributed by atoms with Gasteiger partial charge in [0.2, 0.25) is 0 Å². The number of hydrogen-bond acceptors (Lipinski definition) is 9. The molecule has 2 saturated heterocycles. The van der Waals surface area contributed by atoms with E-state index in [9.17, 15) is 22.8 Å². The zero-order valence-electron chi connectivity index (χ0n) is 23.4. The Hall–Kier alpha value is -3.46. The fraction of sp³-hybridized carbons (Fsp3) is 0.464. The van der Waals surface area contributed by atoms with Gasteiger partial charge in [-0.25, -0.2) is 9.78 Å². The van der Waals surface area contributed by atoms with E-state index in [0.717, 1.165) is 55.1 Å². The fourth-order valence-corrected chi connectivity index (χ4v) is 5.92. The zero-order chi connectivity index (χ0) is 29.9. The van der Waals surface area contributed by atoms with Gasteiger partial charge in [0.1, 0.15) is 5.75 Å². The molecule has 10 nitrogen and oxygen atoms in total. The van der Waals surface area contributed by atoms with Crippen molar-refractivity contribution in [3.63, 3.8) is 0 Å². The summed E-state index contributed by atoms with van der Waals surface area (Å²) in [5.74, 6) is -1.18. The number of nitrogens with zero attached hydrogens (tertiary/aromatic N) is 4. The molecule has 1 aromatic heterocycles. The van der Waals surface area contributed by atoms with Crippen molar-refractivity contribution in [2.75, 3.05) is 76.4 Å². The molecule has 3 aromatic rings. The number of imide groups is 1.